The fourth-order valence-corrected chi connectivity index (χ4v) is 2.53. The van der Waals surface area contributed by atoms with Crippen molar-refractivity contribution in [1.29, 1.82) is 0 Å². The third-order valence-corrected chi connectivity index (χ3v) is 4.01. The van der Waals surface area contributed by atoms with Crippen LogP contribution in [0.2, 0.25) is 0 Å². The zero-order valence-electron chi connectivity index (χ0n) is 10.6. The summed E-state index contributed by atoms with van der Waals surface area (Å²) < 4.78 is 0.954. The van der Waals surface area contributed by atoms with Gasteiger partial charge in [0, 0.05) is 22.7 Å². The van der Waals surface area contributed by atoms with E-state index in [1.54, 1.807) is 6.20 Å². The highest BCUT2D eigenvalue weighted by atomic mass is 79.9. The summed E-state index contributed by atoms with van der Waals surface area (Å²) in [6.45, 7) is 3.95. The van der Waals surface area contributed by atoms with E-state index in [1.165, 1.54) is 11.8 Å². The highest BCUT2D eigenvalue weighted by molar-refractivity contribution is 9.10. The topological polar surface area (TPSA) is 76.7 Å². The molecule has 0 unspecified atom stereocenters. The third-order valence-electron chi connectivity index (χ3n) is 2.50. The highest BCUT2D eigenvalue weighted by Crippen LogP contribution is 2.30. The molecule has 0 aliphatic rings. The van der Waals surface area contributed by atoms with E-state index in [2.05, 4.69) is 36.3 Å². The van der Waals surface area contributed by atoms with Crippen LogP contribution in [0, 0.1) is 6.92 Å². The van der Waals surface area contributed by atoms with Crippen molar-refractivity contribution in [3.63, 3.8) is 0 Å². The molecule has 0 saturated carbocycles. The van der Waals surface area contributed by atoms with Crippen molar-refractivity contribution < 1.29 is 0 Å². The Morgan fingerprint density at radius 3 is 2.74 bits per heavy atom. The van der Waals surface area contributed by atoms with Crippen LogP contribution in [0.1, 0.15) is 18.3 Å². The van der Waals surface area contributed by atoms with E-state index in [-0.39, 0.29) is 0 Å². The van der Waals surface area contributed by atoms with Crippen LogP contribution in [0.5, 0.6) is 0 Å². The summed E-state index contributed by atoms with van der Waals surface area (Å²) in [6, 6.07) is 3.89. The predicted octanol–water partition coefficient (Wildman–Crippen LogP) is 2.94. The molecule has 0 spiro atoms. The lowest BCUT2D eigenvalue weighted by atomic mass is 10.3. The fraction of sp³-hybridized carbons (Fsp3) is 0.250. The van der Waals surface area contributed by atoms with E-state index >= 15 is 0 Å². The van der Waals surface area contributed by atoms with E-state index in [9.17, 15) is 0 Å². The van der Waals surface area contributed by atoms with Crippen molar-refractivity contribution in [2.75, 3.05) is 5.43 Å². The van der Waals surface area contributed by atoms with Crippen molar-refractivity contribution >= 4 is 33.5 Å². The zero-order valence-corrected chi connectivity index (χ0v) is 13.0. The minimum atomic E-state index is 0.659. The number of hydrogen-bond acceptors (Lipinski definition) is 6. The summed E-state index contributed by atoms with van der Waals surface area (Å²) in [6.07, 6.45) is 2.53. The number of halogens is 1. The second-order valence-electron chi connectivity index (χ2n) is 3.83. The molecule has 0 atom stereocenters. The number of aromatic nitrogens is 3. The largest absolute Gasteiger partial charge is 0.308 e. The molecule has 2 aromatic rings. The second-order valence-corrected chi connectivity index (χ2v) is 5.76. The van der Waals surface area contributed by atoms with Gasteiger partial charge in [-0.15, -0.1) is 0 Å². The van der Waals surface area contributed by atoms with Crippen LogP contribution in [0.3, 0.4) is 0 Å². The van der Waals surface area contributed by atoms with E-state index in [4.69, 9.17) is 5.84 Å². The lowest BCUT2D eigenvalue weighted by Crippen LogP contribution is -2.13. The quantitative estimate of drug-likeness (QED) is 0.506. The molecule has 0 saturated heterocycles. The Balaban J connectivity index is 2.35. The Hall–Kier alpha value is -1.18. The lowest BCUT2D eigenvalue weighted by molar-refractivity contribution is 0.870. The molecule has 0 fully saturated rings. The Morgan fingerprint density at radius 1 is 1.37 bits per heavy atom. The number of rotatable bonds is 4. The number of hydrogen-bond donors (Lipinski definition) is 2. The predicted molar refractivity (Wildman–Crippen MR) is 80.0 cm³/mol. The van der Waals surface area contributed by atoms with Gasteiger partial charge in [-0.25, -0.2) is 20.8 Å². The summed E-state index contributed by atoms with van der Waals surface area (Å²) in [4.78, 5) is 13.2. The summed E-state index contributed by atoms with van der Waals surface area (Å²) in [5.41, 5.74) is 3.54. The molecule has 0 radical (unpaired) electrons. The zero-order chi connectivity index (χ0) is 13.8. The van der Waals surface area contributed by atoms with Gasteiger partial charge in [-0.05, 0) is 46.7 Å². The van der Waals surface area contributed by atoms with Gasteiger partial charge in [-0.2, -0.15) is 0 Å². The molecule has 100 valence electrons. The molecule has 2 aromatic heterocycles. The van der Waals surface area contributed by atoms with Gasteiger partial charge >= 0.3 is 0 Å². The lowest BCUT2D eigenvalue weighted by Gasteiger charge is -2.10. The van der Waals surface area contributed by atoms with Crippen molar-refractivity contribution in [2.24, 2.45) is 5.84 Å². The average Bonchev–Trinajstić information content (AvgIpc) is 2.43. The van der Waals surface area contributed by atoms with Gasteiger partial charge in [0.15, 0.2) is 0 Å². The summed E-state index contributed by atoms with van der Waals surface area (Å²) in [5, 5.41) is 1.75. The molecule has 0 aromatic carbocycles. The monoisotopic (exact) mass is 339 g/mol. The molecule has 0 aliphatic heterocycles. The number of pyridine rings is 1. The number of nitrogens with zero attached hydrogens (tertiary/aromatic N) is 3. The maximum atomic E-state index is 5.49. The summed E-state index contributed by atoms with van der Waals surface area (Å²) in [7, 11) is 0. The first-order chi connectivity index (χ1) is 9.13. The number of hydrazine groups is 1. The minimum absolute atomic E-state index is 0.659. The van der Waals surface area contributed by atoms with Gasteiger partial charge in [0.2, 0.25) is 0 Å². The Kier molecular flexibility index (Phi) is 4.73. The van der Waals surface area contributed by atoms with Gasteiger partial charge < -0.3 is 5.43 Å². The van der Waals surface area contributed by atoms with Crippen molar-refractivity contribution in [2.45, 2.75) is 30.3 Å². The van der Waals surface area contributed by atoms with Gasteiger partial charge in [0.25, 0.3) is 0 Å². The van der Waals surface area contributed by atoms with Crippen molar-refractivity contribution in [3.8, 4) is 0 Å². The number of anilines is 1. The molecular formula is C12H14BrN5S. The maximum absolute atomic E-state index is 5.49. The second kappa shape index (κ2) is 6.31. The van der Waals surface area contributed by atoms with Crippen LogP contribution in [0.25, 0.3) is 0 Å². The number of nitrogen functional groups attached to an aromatic ring is 1. The van der Waals surface area contributed by atoms with Crippen LogP contribution in [-0.2, 0) is 6.42 Å². The molecule has 2 heterocycles. The van der Waals surface area contributed by atoms with Gasteiger partial charge in [0.05, 0.1) is 0 Å². The summed E-state index contributed by atoms with van der Waals surface area (Å²) >= 11 is 4.87. The third kappa shape index (κ3) is 3.43. The van der Waals surface area contributed by atoms with Crippen molar-refractivity contribution in [3.05, 3.63) is 34.2 Å². The van der Waals surface area contributed by atoms with Gasteiger partial charge in [-0.3, -0.25) is 0 Å². The standard InChI is InChI=1S/C12H14BrN5S/c1-3-9-16-11(18-14)7(2)12(17-9)19-10-5-4-8(13)6-15-10/h4-6H,3,14H2,1-2H3,(H,16,17,18). The van der Waals surface area contributed by atoms with Crippen molar-refractivity contribution in [1.82, 2.24) is 15.0 Å². The molecule has 5 nitrogen and oxygen atoms in total. The molecule has 0 bridgehead atoms. The first kappa shape index (κ1) is 14.2. The summed E-state index contributed by atoms with van der Waals surface area (Å²) in [5.74, 6) is 6.91. The van der Waals surface area contributed by atoms with Crippen LogP contribution in [0.4, 0.5) is 5.82 Å². The maximum Gasteiger partial charge on any atom is 0.147 e. The average molecular weight is 340 g/mol. The highest BCUT2D eigenvalue weighted by Gasteiger charge is 2.11. The van der Waals surface area contributed by atoms with Crippen LogP contribution in [0.15, 0.2) is 32.9 Å². The van der Waals surface area contributed by atoms with E-state index in [1.807, 2.05) is 26.0 Å². The Labute approximate surface area is 124 Å². The molecule has 7 heteroatoms. The number of aryl methyl sites for hydroxylation is 1. The van der Waals surface area contributed by atoms with Crippen LogP contribution >= 0.6 is 27.7 Å². The number of nitrogens with two attached hydrogens (primary N) is 1. The van der Waals surface area contributed by atoms with Crippen LogP contribution in [-0.4, -0.2) is 15.0 Å². The fourth-order valence-electron chi connectivity index (χ4n) is 1.46. The molecule has 0 aliphatic carbocycles. The van der Waals surface area contributed by atoms with Crippen LogP contribution < -0.4 is 11.3 Å². The van der Waals surface area contributed by atoms with Gasteiger partial charge in [-0.1, -0.05) is 6.92 Å². The van der Waals surface area contributed by atoms with E-state index < -0.39 is 0 Å². The van der Waals surface area contributed by atoms with Gasteiger partial charge in [0.1, 0.15) is 21.7 Å². The molecule has 2 rings (SSSR count). The smallest absolute Gasteiger partial charge is 0.147 e. The minimum Gasteiger partial charge on any atom is -0.308 e. The molecular weight excluding hydrogens is 326 g/mol. The molecule has 19 heavy (non-hydrogen) atoms. The Morgan fingerprint density at radius 2 is 2.16 bits per heavy atom. The number of nitrogens with one attached hydrogen (secondary N) is 1. The Bertz CT molecular complexity index is 573. The molecule has 0 amide bonds. The SMILES string of the molecule is CCc1nc(NN)c(C)c(Sc2ccc(Br)cn2)n1. The van der Waals surface area contributed by atoms with E-state index in [0.29, 0.717) is 5.82 Å². The normalized spacial score (nSPS) is 10.5. The first-order valence-corrected chi connectivity index (χ1v) is 7.38. The molecule has 3 N–H and O–H groups in total. The van der Waals surface area contributed by atoms with E-state index in [0.717, 1.165) is 32.3 Å². The first-order valence-electron chi connectivity index (χ1n) is 5.77.